The summed E-state index contributed by atoms with van der Waals surface area (Å²) in [6.45, 7) is 3.04. The van der Waals surface area contributed by atoms with Crippen molar-refractivity contribution in [2.75, 3.05) is 0 Å². The molecule has 0 aliphatic carbocycles. The van der Waals surface area contributed by atoms with E-state index in [1.807, 2.05) is 12.3 Å². The number of benzene rings is 1. The van der Waals surface area contributed by atoms with E-state index in [4.69, 9.17) is 0 Å². The minimum absolute atomic E-state index is 0.322. The first-order chi connectivity index (χ1) is 8.25. The van der Waals surface area contributed by atoms with Crippen LogP contribution in [0.25, 0.3) is 0 Å². The Labute approximate surface area is 116 Å². The van der Waals surface area contributed by atoms with Gasteiger partial charge in [0, 0.05) is 28.6 Å². The Hall–Kier alpha value is -0.940. The van der Waals surface area contributed by atoms with Crippen LogP contribution in [0.2, 0.25) is 0 Å². The van der Waals surface area contributed by atoms with E-state index in [1.54, 1.807) is 6.20 Å². The molecule has 0 aliphatic rings. The molecule has 1 heterocycles. The van der Waals surface area contributed by atoms with Gasteiger partial charge in [-0.05, 0) is 58.8 Å². The Morgan fingerprint density at radius 1 is 1.24 bits per heavy atom. The summed E-state index contributed by atoms with van der Waals surface area (Å²) in [6.07, 6.45) is 3.71. The average Bonchev–Trinajstić information content (AvgIpc) is 2.39. The van der Waals surface area contributed by atoms with Crippen molar-refractivity contribution in [2.24, 2.45) is 0 Å². The largest absolute Gasteiger partial charge is 0.306 e. The predicted molar refractivity (Wildman–Crippen MR) is 78.7 cm³/mol. The number of pyridine rings is 1. The number of hydrogen-bond acceptors (Lipinski definition) is 2. The van der Waals surface area contributed by atoms with E-state index in [9.17, 15) is 0 Å². The quantitative estimate of drug-likeness (QED) is 0.863. The van der Waals surface area contributed by atoms with Crippen LogP contribution < -0.4 is 5.32 Å². The van der Waals surface area contributed by atoms with Gasteiger partial charge in [-0.15, -0.1) is 0 Å². The fraction of sp³-hybridized carbons (Fsp3) is 0.214. The summed E-state index contributed by atoms with van der Waals surface area (Å²) in [5.41, 5.74) is 2.53. The number of nitrogens with zero attached hydrogens (tertiary/aromatic N) is 1. The van der Waals surface area contributed by atoms with E-state index in [-0.39, 0.29) is 0 Å². The molecule has 0 saturated carbocycles. The van der Waals surface area contributed by atoms with E-state index in [0.29, 0.717) is 6.04 Å². The molecule has 1 N–H and O–H groups in total. The lowest BCUT2D eigenvalue weighted by Crippen LogP contribution is -2.18. The maximum atomic E-state index is 4.13. The molecular formula is C14H15IN2. The number of hydrogen-bond donors (Lipinski definition) is 1. The van der Waals surface area contributed by atoms with Gasteiger partial charge in [0.05, 0.1) is 0 Å². The van der Waals surface area contributed by atoms with E-state index in [1.165, 1.54) is 14.7 Å². The lowest BCUT2D eigenvalue weighted by atomic mass is 10.1. The second kappa shape index (κ2) is 6.12. The van der Waals surface area contributed by atoms with E-state index in [0.717, 1.165) is 6.54 Å². The standard InChI is InChI=1S/C14H15IN2/c1-11(13-3-2-8-16-10-13)17-9-12-4-6-14(15)7-5-12/h2-8,10-11,17H,9H2,1H3/t11-/m1/s1. The zero-order valence-electron chi connectivity index (χ0n) is 9.73. The molecule has 1 atom stereocenters. The summed E-state index contributed by atoms with van der Waals surface area (Å²) < 4.78 is 1.27. The van der Waals surface area contributed by atoms with E-state index < -0.39 is 0 Å². The van der Waals surface area contributed by atoms with Crippen LogP contribution in [0.4, 0.5) is 0 Å². The molecule has 2 rings (SSSR count). The predicted octanol–water partition coefficient (Wildman–Crippen LogP) is 3.54. The van der Waals surface area contributed by atoms with Gasteiger partial charge in [-0.2, -0.15) is 0 Å². The van der Waals surface area contributed by atoms with Crippen LogP contribution >= 0.6 is 22.6 Å². The van der Waals surface area contributed by atoms with Gasteiger partial charge < -0.3 is 5.32 Å². The van der Waals surface area contributed by atoms with Crippen LogP contribution in [-0.2, 0) is 6.54 Å². The summed E-state index contributed by atoms with van der Waals surface area (Å²) >= 11 is 2.32. The third-order valence-electron chi connectivity index (χ3n) is 2.71. The van der Waals surface area contributed by atoms with Crippen LogP contribution in [0.1, 0.15) is 24.1 Å². The SMILES string of the molecule is C[C@@H](NCc1ccc(I)cc1)c1cccnc1. The van der Waals surface area contributed by atoms with Crippen molar-refractivity contribution < 1.29 is 0 Å². The van der Waals surface area contributed by atoms with Crippen LogP contribution in [-0.4, -0.2) is 4.98 Å². The van der Waals surface area contributed by atoms with Gasteiger partial charge in [-0.1, -0.05) is 18.2 Å². The molecule has 2 aromatic rings. The lowest BCUT2D eigenvalue weighted by molar-refractivity contribution is 0.573. The molecule has 0 unspecified atom stereocenters. The monoisotopic (exact) mass is 338 g/mol. The third-order valence-corrected chi connectivity index (χ3v) is 3.43. The highest BCUT2D eigenvalue weighted by Crippen LogP contribution is 2.12. The third kappa shape index (κ3) is 3.78. The van der Waals surface area contributed by atoms with E-state index in [2.05, 4.69) is 70.1 Å². The zero-order chi connectivity index (χ0) is 12.1. The number of rotatable bonds is 4. The second-order valence-corrected chi connectivity index (χ2v) is 5.26. The summed E-state index contributed by atoms with van der Waals surface area (Å²) in [5.74, 6) is 0. The molecule has 0 spiro atoms. The molecule has 0 bridgehead atoms. The molecule has 0 amide bonds. The van der Waals surface area contributed by atoms with Crippen molar-refractivity contribution >= 4 is 22.6 Å². The first-order valence-electron chi connectivity index (χ1n) is 5.63. The van der Waals surface area contributed by atoms with E-state index >= 15 is 0 Å². The van der Waals surface area contributed by atoms with Crippen LogP contribution in [0.3, 0.4) is 0 Å². The average molecular weight is 338 g/mol. The Bertz CT molecular complexity index is 453. The topological polar surface area (TPSA) is 24.9 Å². The molecule has 3 heteroatoms. The van der Waals surface area contributed by atoms with Crippen LogP contribution in [0.5, 0.6) is 0 Å². The molecule has 1 aromatic heterocycles. The summed E-state index contributed by atoms with van der Waals surface area (Å²) in [5, 5.41) is 3.49. The van der Waals surface area contributed by atoms with Gasteiger partial charge >= 0.3 is 0 Å². The Kier molecular flexibility index (Phi) is 4.50. The maximum absolute atomic E-state index is 4.13. The maximum Gasteiger partial charge on any atom is 0.0315 e. The van der Waals surface area contributed by atoms with Crippen molar-refractivity contribution in [3.63, 3.8) is 0 Å². The van der Waals surface area contributed by atoms with Gasteiger partial charge in [0.25, 0.3) is 0 Å². The number of aromatic nitrogens is 1. The molecule has 0 radical (unpaired) electrons. The van der Waals surface area contributed by atoms with Crippen molar-refractivity contribution in [3.8, 4) is 0 Å². The van der Waals surface area contributed by atoms with Crippen LogP contribution in [0.15, 0.2) is 48.8 Å². The highest BCUT2D eigenvalue weighted by molar-refractivity contribution is 14.1. The molecule has 17 heavy (non-hydrogen) atoms. The fourth-order valence-electron chi connectivity index (χ4n) is 1.62. The number of halogens is 1. The van der Waals surface area contributed by atoms with Gasteiger partial charge in [0.15, 0.2) is 0 Å². The summed E-state index contributed by atoms with van der Waals surface area (Å²) in [6, 6.07) is 13.0. The molecule has 0 fully saturated rings. The Balaban J connectivity index is 1.92. The first-order valence-corrected chi connectivity index (χ1v) is 6.71. The van der Waals surface area contributed by atoms with Gasteiger partial charge in [0.1, 0.15) is 0 Å². The molecule has 2 nitrogen and oxygen atoms in total. The van der Waals surface area contributed by atoms with Crippen LogP contribution in [0, 0.1) is 3.57 Å². The minimum Gasteiger partial charge on any atom is -0.306 e. The lowest BCUT2D eigenvalue weighted by Gasteiger charge is -2.13. The Morgan fingerprint density at radius 3 is 2.65 bits per heavy atom. The van der Waals surface area contributed by atoms with Gasteiger partial charge in [-0.25, -0.2) is 0 Å². The summed E-state index contributed by atoms with van der Waals surface area (Å²) in [4.78, 5) is 4.13. The highest BCUT2D eigenvalue weighted by Gasteiger charge is 2.03. The fourth-order valence-corrected chi connectivity index (χ4v) is 1.98. The zero-order valence-corrected chi connectivity index (χ0v) is 11.9. The summed E-state index contributed by atoms with van der Waals surface area (Å²) in [7, 11) is 0. The first kappa shape index (κ1) is 12.5. The van der Waals surface area contributed by atoms with Crippen molar-refractivity contribution in [1.82, 2.24) is 10.3 Å². The van der Waals surface area contributed by atoms with Gasteiger partial charge in [-0.3, -0.25) is 4.98 Å². The molecule has 88 valence electrons. The second-order valence-electron chi connectivity index (χ2n) is 4.02. The Morgan fingerprint density at radius 2 is 2.00 bits per heavy atom. The molecule has 0 aliphatic heterocycles. The van der Waals surface area contributed by atoms with Crippen molar-refractivity contribution in [2.45, 2.75) is 19.5 Å². The van der Waals surface area contributed by atoms with Crippen molar-refractivity contribution in [3.05, 3.63) is 63.5 Å². The van der Waals surface area contributed by atoms with Crippen molar-refractivity contribution in [1.29, 1.82) is 0 Å². The van der Waals surface area contributed by atoms with Gasteiger partial charge in [0.2, 0.25) is 0 Å². The normalized spacial score (nSPS) is 12.4. The molecule has 1 aromatic carbocycles. The molecule has 0 saturated heterocycles. The smallest absolute Gasteiger partial charge is 0.0315 e. The minimum atomic E-state index is 0.322. The highest BCUT2D eigenvalue weighted by atomic mass is 127. The number of nitrogens with one attached hydrogen (secondary N) is 1. The molecular weight excluding hydrogens is 323 g/mol.